The third kappa shape index (κ3) is 9.08. The van der Waals surface area contributed by atoms with Gasteiger partial charge in [-0.1, -0.05) is 117 Å². The molecule has 0 aromatic heterocycles. The van der Waals surface area contributed by atoms with Gasteiger partial charge >= 0.3 is 0 Å². The van der Waals surface area contributed by atoms with Crippen LogP contribution in [0.2, 0.25) is 0 Å². The Bertz CT molecular complexity index is 803. The van der Waals surface area contributed by atoms with E-state index in [1.165, 1.54) is 62.5 Å². The van der Waals surface area contributed by atoms with E-state index < -0.39 is 0 Å². The standard InChI is InChI=1S/C35H56O2/c1-7-11-15-19-27-23-31(24-28(33(27)36)20-16-12-8-2)35(5,6)32-25-29(21-17-13-9-3)34(37)30(26-32)22-18-14-10-4/h23-26,36-37H,7-22H2,1-6H3. The Morgan fingerprint density at radius 2 is 0.703 bits per heavy atom. The highest BCUT2D eigenvalue weighted by atomic mass is 16.3. The van der Waals surface area contributed by atoms with E-state index in [4.69, 9.17) is 0 Å². The number of aromatic hydroxyl groups is 2. The van der Waals surface area contributed by atoms with Crippen LogP contribution in [0, 0.1) is 0 Å². The second kappa shape index (κ2) is 16.1. The van der Waals surface area contributed by atoms with Crippen LogP contribution in [0.25, 0.3) is 0 Å². The maximum Gasteiger partial charge on any atom is 0.121 e. The predicted molar refractivity (Wildman–Crippen MR) is 161 cm³/mol. The van der Waals surface area contributed by atoms with Gasteiger partial charge in [0.25, 0.3) is 0 Å². The van der Waals surface area contributed by atoms with E-state index in [2.05, 4.69) is 65.8 Å². The van der Waals surface area contributed by atoms with Crippen molar-refractivity contribution in [2.45, 2.75) is 150 Å². The van der Waals surface area contributed by atoms with Crippen molar-refractivity contribution in [1.29, 1.82) is 0 Å². The van der Waals surface area contributed by atoms with Crippen molar-refractivity contribution in [3.8, 4) is 11.5 Å². The molecule has 0 aliphatic heterocycles. The summed E-state index contributed by atoms with van der Waals surface area (Å²) in [7, 11) is 0. The second-order valence-corrected chi connectivity index (χ2v) is 11.7. The zero-order valence-corrected chi connectivity index (χ0v) is 25.0. The molecule has 2 heteroatoms. The summed E-state index contributed by atoms with van der Waals surface area (Å²) in [4.78, 5) is 0. The van der Waals surface area contributed by atoms with E-state index >= 15 is 0 Å². The zero-order valence-electron chi connectivity index (χ0n) is 25.0. The molecular weight excluding hydrogens is 452 g/mol. The minimum Gasteiger partial charge on any atom is -0.507 e. The number of rotatable bonds is 18. The highest BCUT2D eigenvalue weighted by Gasteiger charge is 2.27. The number of phenolic OH excluding ortho intramolecular Hbond substituents is 2. The summed E-state index contributed by atoms with van der Waals surface area (Å²) in [6, 6.07) is 9.09. The summed E-state index contributed by atoms with van der Waals surface area (Å²) in [5.74, 6) is 1.05. The number of unbranched alkanes of at least 4 members (excludes halogenated alkanes) is 8. The van der Waals surface area contributed by atoms with Crippen molar-refractivity contribution in [2.75, 3.05) is 0 Å². The highest BCUT2D eigenvalue weighted by Crippen LogP contribution is 2.40. The number of benzene rings is 2. The minimum absolute atomic E-state index is 0.209. The second-order valence-electron chi connectivity index (χ2n) is 11.7. The Labute approximate surface area is 228 Å². The monoisotopic (exact) mass is 508 g/mol. The molecule has 0 saturated heterocycles. The minimum atomic E-state index is -0.209. The summed E-state index contributed by atoms with van der Waals surface area (Å²) in [6.45, 7) is 13.6. The van der Waals surface area contributed by atoms with Crippen molar-refractivity contribution in [1.82, 2.24) is 0 Å². The fourth-order valence-electron chi connectivity index (χ4n) is 5.43. The molecule has 0 heterocycles. The Kier molecular flexibility index (Phi) is 13.6. The molecule has 37 heavy (non-hydrogen) atoms. The lowest BCUT2D eigenvalue weighted by Gasteiger charge is -2.30. The molecule has 2 N–H and O–H groups in total. The number of hydrogen-bond acceptors (Lipinski definition) is 2. The van der Waals surface area contributed by atoms with E-state index in [0.717, 1.165) is 73.6 Å². The lowest BCUT2D eigenvalue weighted by atomic mass is 9.75. The van der Waals surface area contributed by atoms with Gasteiger partial charge < -0.3 is 10.2 Å². The molecule has 0 unspecified atom stereocenters. The molecule has 0 aliphatic rings. The summed E-state index contributed by atoms with van der Waals surface area (Å²) < 4.78 is 0. The van der Waals surface area contributed by atoms with Crippen LogP contribution in [0.15, 0.2) is 24.3 Å². The van der Waals surface area contributed by atoms with Crippen LogP contribution in [-0.2, 0) is 31.1 Å². The number of aryl methyl sites for hydroxylation is 4. The lowest BCUT2D eigenvalue weighted by Crippen LogP contribution is -2.21. The van der Waals surface area contributed by atoms with Crippen molar-refractivity contribution >= 4 is 0 Å². The number of hydrogen-bond donors (Lipinski definition) is 2. The summed E-state index contributed by atoms with van der Waals surface area (Å²) in [6.07, 6.45) is 17.7. The first-order valence-electron chi connectivity index (χ1n) is 15.5. The molecule has 0 aliphatic carbocycles. The first kappa shape index (κ1) is 31.3. The Morgan fingerprint density at radius 3 is 0.919 bits per heavy atom. The smallest absolute Gasteiger partial charge is 0.121 e. The molecule has 2 aromatic rings. The molecule has 0 radical (unpaired) electrons. The Balaban J connectivity index is 2.54. The van der Waals surface area contributed by atoms with Gasteiger partial charge in [0.15, 0.2) is 0 Å². The van der Waals surface area contributed by atoms with E-state index in [9.17, 15) is 10.2 Å². The Morgan fingerprint density at radius 1 is 0.459 bits per heavy atom. The molecule has 208 valence electrons. The van der Waals surface area contributed by atoms with Crippen molar-refractivity contribution in [2.24, 2.45) is 0 Å². The molecule has 0 fully saturated rings. The van der Waals surface area contributed by atoms with E-state index in [-0.39, 0.29) is 5.41 Å². The van der Waals surface area contributed by atoms with E-state index in [1.54, 1.807) is 0 Å². The Hall–Kier alpha value is -1.96. The predicted octanol–water partition coefficient (Wildman–Crippen LogP) is 10.4. The maximum absolute atomic E-state index is 11.2. The van der Waals surface area contributed by atoms with Gasteiger partial charge in [-0.3, -0.25) is 0 Å². The molecule has 0 atom stereocenters. The van der Waals surface area contributed by atoms with Crippen molar-refractivity contribution in [3.63, 3.8) is 0 Å². The van der Waals surface area contributed by atoms with Gasteiger partial charge in [-0.25, -0.2) is 0 Å². The highest BCUT2D eigenvalue weighted by molar-refractivity contribution is 5.52. The maximum atomic E-state index is 11.2. The third-order valence-corrected chi connectivity index (χ3v) is 8.18. The van der Waals surface area contributed by atoms with Crippen molar-refractivity contribution in [3.05, 3.63) is 57.6 Å². The molecule has 2 aromatic carbocycles. The largest absolute Gasteiger partial charge is 0.507 e. The van der Waals surface area contributed by atoms with Crippen LogP contribution in [-0.4, -0.2) is 10.2 Å². The molecule has 0 spiro atoms. The van der Waals surface area contributed by atoms with Gasteiger partial charge in [0.1, 0.15) is 11.5 Å². The average Bonchev–Trinajstić information content (AvgIpc) is 2.88. The van der Waals surface area contributed by atoms with Gasteiger partial charge in [0.2, 0.25) is 0 Å². The van der Waals surface area contributed by atoms with Gasteiger partial charge in [-0.2, -0.15) is 0 Å². The number of phenols is 2. The fourth-order valence-corrected chi connectivity index (χ4v) is 5.43. The van der Waals surface area contributed by atoms with Gasteiger partial charge in [0, 0.05) is 5.41 Å². The fraction of sp³-hybridized carbons (Fsp3) is 0.657. The van der Waals surface area contributed by atoms with Crippen LogP contribution in [0.5, 0.6) is 11.5 Å². The normalized spacial score (nSPS) is 11.8. The van der Waals surface area contributed by atoms with Crippen LogP contribution in [0.4, 0.5) is 0 Å². The van der Waals surface area contributed by atoms with Crippen LogP contribution in [0.1, 0.15) is 152 Å². The molecule has 2 nitrogen and oxygen atoms in total. The molecular formula is C35H56O2. The summed E-state index contributed by atoms with van der Waals surface area (Å²) in [5.41, 5.74) is 6.79. The molecule has 0 bridgehead atoms. The molecule has 2 rings (SSSR count). The first-order valence-corrected chi connectivity index (χ1v) is 15.5. The van der Waals surface area contributed by atoms with E-state index in [1.807, 2.05) is 0 Å². The van der Waals surface area contributed by atoms with Crippen LogP contribution in [0.3, 0.4) is 0 Å². The molecule has 0 saturated carbocycles. The zero-order chi connectivity index (χ0) is 27.3. The quantitative estimate of drug-likeness (QED) is 0.197. The van der Waals surface area contributed by atoms with E-state index in [0.29, 0.717) is 11.5 Å². The summed E-state index contributed by atoms with van der Waals surface area (Å²) in [5, 5.41) is 22.4. The summed E-state index contributed by atoms with van der Waals surface area (Å²) >= 11 is 0. The van der Waals surface area contributed by atoms with Gasteiger partial charge in [-0.15, -0.1) is 0 Å². The first-order chi connectivity index (χ1) is 17.8. The average molecular weight is 509 g/mol. The third-order valence-electron chi connectivity index (χ3n) is 8.18. The molecule has 0 amide bonds. The lowest BCUT2D eigenvalue weighted by molar-refractivity contribution is 0.455. The van der Waals surface area contributed by atoms with Crippen LogP contribution < -0.4 is 0 Å². The SMILES string of the molecule is CCCCCc1cc(C(C)(C)c2cc(CCCCC)c(O)c(CCCCC)c2)cc(CCCCC)c1O. The van der Waals surface area contributed by atoms with Gasteiger partial charge in [-0.05, 0) is 84.7 Å². The topological polar surface area (TPSA) is 40.5 Å². The van der Waals surface area contributed by atoms with Crippen molar-refractivity contribution < 1.29 is 10.2 Å². The van der Waals surface area contributed by atoms with Crippen LogP contribution >= 0.6 is 0 Å². The van der Waals surface area contributed by atoms with Gasteiger partial charge in [0.05, 0.1) is 0 Å².